The first-order chi connectivity index (χ1) is 9.18. The van der Waals surface area contributed by atoms with E-state index in [1.165, 1.54) is 25.7 Å². The molecule has 0 bridgehead atoms. The summed E-state index contributed by atoms with van der Waals surface area (Å²) in [6, 6.07) is 0. The van der Waals surface area contributed by atoms with Gasteiger partial charge in [0.2, 0.25) is 0 Å². The zero-order valence-corrected chi connectivity index (χ0v) is 14.1. The maximum Gasteiger partial charge on any atom is 0.337 e. The predicted octanol–water partition coefficient (Wildman–Crippen LogP) is 4.34. The Kier molecular flexibility index (Phi) is 6.06. The highest BCUT2D eigenvalue weighted by Gasteiger charge is 2.37. The van der Waals surface area contributed by atoms with Crippen LogP contribution in [0.25, 0.3) is 0 Å². The third kappa shape index (κ3) is 5.08. The molecule has 0 N–H and O–H groups in total. The molecular weight excluding hydrogens is 252 g/mol. The minimum absolute atomic E-state index is 0.0961. The number of rotatable bonds is 6. The van der Waals surface area contributed by atoms with E-state index >= 15 is 0 Å². The maximum absolute atomic E-state index is 12.0. The smallest absolute Gasteiger partial charge is 0.337 e. The molecule has 1 aliphatic carbocycles. The molecular formula is C17H32O3. The molecule has 118 valence electrons. The predicted molar refractivity (Wildman–Crippen MR) is 81.6 cm³/mol. The van der Waals surface area contributed by atoms with E-state index in [2.05, 4.69) is 20.8 Å². The lowest BCUT2D eigenvalue weighted by molar-refractivity contribution is -0.178. The molecule has 0 aromatic heterocycles. The summed E-state index contributed by atoms with van der Waals surface area (Å²) < 4.78 is 11.3. The van der Waals surface area contributed by atoms with E-state index in [4.69, 9.17) is 9.47 Å². The van der Waals surface area contributed by atoms with E-state index < -0.39 is 5.60 Å². The first kappa shape index (κ1) is 17.5. The molecule has 0 aromatic rings. The van der Waals surface area contributed by atoms with Crippen molar-refractivity contribution in [2.45, 2.75) is 85.4 Å². The van der Waals surface area contributed by atoms with Gasteiger partial charge < -0.3 is 9.47 Å². The van der Waals surface area contributed by atoms with Crippen molar-refractivity contribution in [3.8, 4) is 0 Å². The Morgan fingerprint density at radius 2 is 2.05 bits per heavy atom. The number of carbonyl (C=O) groups excluding carboxylic acids is 1. The number of carbonyl (C=O) groups is 1. The Morgan fingerprint density at radius 1 is 1.40 bits per heavy atom. The molecule has 1 aliphatic rings. The highest BCUT2D eigenvalue weighted by Crippen LogP contribution is 2.41. The zero-order chi connectivity index (χ0) is 15.4. The monoisotopic (exact) mass is 284 g/mol. The van der Waals surface area contributed by atoms with Crippen LogP contribution in [0, 0.1) is 11.3 Å². The molecule has 1 fully saturated rings. The third-order valence-electron chi connectivity index (χ3n) is 4.32. The third-order valence-corrected chi connectivity index (χ3v) is 4.32. The Balaban J connectivity index is 2.55. The lowest BCUT2D eigenvalue weighted by atomic mass is 9.70. The summed E-state index contributed by atoms with van der Waals surface area (Å²) in [7, 11) is 0. The lowest BCUT2D eigenvalue weighted by Crippen LogP contribution is -2.42. The zero-order valence-electron chi connectivity index (χ0n) is 14.1. The van der Waals surface area contributed by atoms with E-state index in [9.17, 15) is 4.79 Å². The van der Waals surface area contributed by atoms with Gasteiger partial charge in [-0.3, -0.25) is 0 Å². The average Bonchev–Trinajstić information content (AvgIpc) is 2.34. The van der Waals surface area contributed by atoms with E-state index in [1.54, 1.807) is 0 Å². The maximum atomic E-state index is 12.0. The lowest BCUT2D eigenvalue weighted by Gasteiger charge is -2.39. The van der Waals surface area contributed by atoms with Crippen LogP contribution < -0.4 is 0 Å². The summed E-state index contributed by atoms with van der Waals surface area (Å²) in [5.74, 6) is 0.290. The topological polar surface area (TPSA) is 35.5 Å². The minimum atomic E-state index is -0.851. The van der Waals surface area contributed by atoms with Gasteiger partial charge in [0.15, 0.2) is 5.60 Å². The molecule has 2 atom stereocenters. The highest BCUT2D eigenvalue weighted by atomic mass is 16.6. The van der Waals surface area contributed by atoms with E-state index in [-0.39, 0.29) is 12.1 Å². The molecule has 0 amide bonds. The molecule has 0 heterocycles. The summed E-state index contributed by atoms with van der Waals surface area (Å²) in [5, 5.41) is 0. The van der Waals surface area contributed by atoms with Gasteiger partial charge in [-0.2, -0.15) is 0 Å². The summed E-state index contributed by atoms with van der Waals surface area (Å²) >= 11 is 0. The summed E-state index contributed by atoms with van der Waals surface area (Å²) in [6.45, 7) is 12.8. The van der Waals surface area contributed by atoms with Gasteiger partial charge in [0.05, 0.1) is 12.7 Å². The standard InChI is InChI=1S/C17H32O3/c1-7-11-19-15(18)17(5,6)20-13(2)14-9-8-10-16(3,4)12-14/h13-14H,7-12H2,1-6H3. The molecule has 0 aliphatic heterocycles. The van der Waals surface area contributed by atoms with Crippen molar-refractivity contribution in [2.24, 2.45) is 11.3 Å². The van der Waals surface area contributed by atoms with Gasteiger partial charge in [-0.1, -0.05) is 27.2 Å². The molecule has 0 spiro atoms. The molecule has 1 rings (SSSR count). The Bertz CT molecular complexity index is 320. The van der Waals surface area contributed by atoms with Crippen molar-refractivity contribution in [3.63, 3.8) is 0 Å². The van der Waals surface area contributed by atoms with Crippen LogP contribution in [0.2, 0.25) is 0 Å². The fraction of sp³-hybridized carbons (Fsp3) is 0.941. The largest absolute Gasteiger partial charge is 0.464 e. The second-order valence-electron chi connectivity index (χ2n) is 7.49. The van der Waals surface area contributed by atoms with Crippen LogP contribution in [-0.4, -0.2) is 24.3 Å². The summed E-state index contributed by atoms with van der Waals surface area (Å²) in [6.07, 6.45) is 5.86. The van der Waals surface area contributed by atoms with Crippen LogP contribution in [0.15, 0.2) is 0 Å². The fourth-order valence-corrected chi connectivity index (χ4v) is 3.14. The molecule has 2 unspecified atom stereocenters. The van der Waals surface area contributed by atoms with Crippen LogP contribution >= 0.6 is 0 Å². The Labute approximate surface area is 124 Å². The summed E-state index contributed by atoms with van der Waals surface area (Å²) in [5.41, 5.74) is -0.455. The SMILES string of the molecule is CCCOC(=O)C(C)(C)OC(C)C1CCCC(C)(C)C1. The average molecular weight is 284 g/mol. The van der Waals surface area contributed by atoms with Crippen LogP contribution in [-0.2, 0) is 14.3 Å². The van der Waals surface area contributed by atoms with Gasteiger partial charge in [0.1, 0.15) is 0 Å². The molecule has 3 nitrogen and oxygen atoms in total. The number of hydrogen-bond donors (Lipinski definition) is 0. The minimum Gasteiger partial charge on any atom is -0.464 e. The molecule has 0 saturated heterocycles. The van der Waals surface area contributed by atoms with Crippen molar-refractivity contribution in [2.75, 3.05) is 6.61 Å². The van der Waals surface area contributed by atoms with Gasteiger partial charge in [0, 0.05) is 0 Å². The van der Waals surface area contributed by atoms with E-state index in [0.29, 0.717) is 17.9 Å². The second kappa shape index (κ2) is 6.93. The molecule has 3 heteroatoms. The van der Waals surface area contributed by atoms with Crippen LogP contribution in [0.1, 0.15) is 73.6 Å². The van der Waals surface area contributed by atoms with Crippen LogP contribution in [0.3, 0.4) is 0 Å². The number of esters is 1. The number of ether oxygens (including phenoxy) is 2. The van der Waals surface area contributed by atoms with Crippen molar-refractivity contribution < 1.29 is 14.3 Å². The first-order valence-corrected chi connectivity index (χ1v) is 8.03. The molecule has 0 radical (unpaired) electrons. The highest BCUT2D eigenvalue weighted by molar-refractivity contribution is 5.78. The van der Waals surface area contributed by atoms with E-state index in [1.807, 2.05) is 20.8 Å². The van der Waals surface area contributed by atoms with Crippen molar-refractivity contribution in [1.82, 2.24) is 0 Å². The second-order valence-corrected chi connectivity index (χ2v) is 7.49. The van der Waals surface area contributed by atoms with Crippen LogP contribution in [0.5, 0.6) is 0 Å². The number of hydrogen-bond acceptors (Lipinski definition) is 3. The molecule has 1 saturated carbocycles. The fourth-order valence-electron chi connectivity index (χ4n) is 3.14. The van der Waals surface area contributed by atoms with Gasteiger partial charge in [-0.25, -0.2) is 4.79 Å². The van der Waals surface area contributed by atoms with Gasteiger partial charge in [-0.05, 0) is 57.8 Å². The quantitative estimate of drug-likeness (QED) is 0.681. The molecule has 0 aromatic carbocycles. The van der Waals surface area contributed by atoms with Crippen molar-refractivity contribution in [1.29, 1.82) is 0 Å². The van der Waals surface area contributed by atoms with Crippen molar-refractivity contribution in [3.05, 3.63) is 0 Å². The van der Waals surface area contributed by atoms with Crippen molar-refractivity contribution >= 4 is 5.97 Å². The van der Waals surface area contributed by atoms with E-state index in [0.717, 1.165) is 6.42 Å². The van der Waals surface area contributed by atoms with Gasteiger partial charge in [-0.15, -0.1) is 0 Å². The first-order valence-electron chi connectivity index (χ1n) is 8.03. The van der Waals surface area contributed by atoms with Crippen LogP contribution in [0.4, 0.5) is 0 Å². The summed E-state index contributed by atoms with van der Waals surface area (Å²) in [4.78, 5) is 12.0. The Hall–Kier alpha value is -0.570. The van der Waals surface area contributed by atoms with Gasteiger partial charge >= 0.3 is 5.97 Å². The van der Waals surface area contributed by atoms with Gasteiger partial charge in [0.25, 0.3) is 0 Å². The normalized spacial score (nSPS) is 24.2. The Morgan fingerprint density at radius 3 is 2.60 bits per heavy atom. The molecule has 20 heavy (non-hydrogen) atoms.